The topological polar surface area (TPSA) is 148 Å². The predicted octanol–water partition coefficient (Wildman–Crippen LogP) is 3.16. The van der Waals surface area contributed by atoms with Crippen LogP contribution in [0.15, 0.2) is 40.9 Å². The van der Waals surface area contributed by atoms with Crippen molar-refractivity contribution in [2.75, 3.05) is 32.9 Å². The molecule has 2 aromatic carbocycles. The monoisotopic (exact) mass is 621 g/mol. The number of nitrogens with one attached hydrogen (secondary N) is 1. The van der Waals surface area contributed by atoms with Gasteiger partial charge in [0.15, 0.2) is 34.6 Å². The summed E-state index contributed by atoms with van der Waals surface area (Å²) in [6, 6.07) is 7.12. The van der Waals surface area contributed by atoms with E-state index in [2.05, 4.69) is 15.2 Å². The molecular weight excluding hydrogens is 594 g/mol. The van der Waals surface area contributed by atoms with Gasteiger partial charge in [-0.25, -0.2) is 8.78 Å². The molecule has 2 N–H and O–H groups in total. The Morgan fingerprint density at radius 2 is 1.82 bits per heavy atom. The number of carbonyl (C=O) groups is 4. The maximum Gasteiger partial charge on any atom is 0.305 e. The summed E-state index contributed by atoms with van der Waals surface area (Å²) in [5.74, 6) is -13.6. The van der Waals surface area contributed by atoms with E-state index in [1.54, 1.807) is 0 Å². The lowest BCUT2D eigenvalue weighted by Crippen LogP contribution is -2.49. The molecule has 1 aliphatic rings. The Balaban J connectivity index is 1.44. The Labute approximate surface area is 247 Å². The number of ether oxygens (including phenoxy) is 2. The number of amides is 2. The molecule has 44 heavy (non-hydrogen) atoms. The first-order valence-electron chi connectivity index (χ1n) is 13.4. The highest BCUT2D eigenvalue weighted by atomic mass is 19.2. The third kappa shape index (κ3) is 7.40. The number of nitrogens with zero attached hydrogens (tertiary/aromatic N) is 2. The van der Waals surface area contributed by atoms with Crippen molar-refractivity contribution in [2.24, 2.45) is 5.92 Å². The number of aromatic nitrogens is 1. The van der Waals surface area contributed by atoms with E-state index in [0.717, 1.165) is 17.5 Å². The van der Waals surface area contributed by atoms with Crippen LogP contribution in [0.2, 0.25) is 0 Å². The van der Waals surface area contributed by atoms with Crippen molar-refractivity contribution in [3.63, 3.8) is 0 Å². The van der Waals surface area contributed by atoms with Gasteiger partial charge < -0.3 is 29.3 Å². The first kappa shape index (κ1) is 32.1. The SMILES string of the molecule is CCc1ccccc1-c1cc(C(=O)N2CCOC[C@@H](C(=O)N[C@@H](CC(=O)O)C(=O)COc3c(F)c(F)cc(F)c3F)C2)no1. The van der Waals surface area contributed by atoms with E-state index in [9.17, 15) is 41.8 Å². The molecule has 15 heteroatoms. The van der Waals surface area contributed by atoms with Crippen molar-refractivity contribution in [2.45, 2.75) is 25.8 Å². The van der Waals surface area contributed by atoms with E-state index in [0.29, 0.717) is 5.76 Å². The molecule has 0 unspecified atom stereocenters. The Bertz CT molecular complexity index is 1540. The number of benzene rings is 2. The van der Waals surface area contributed by atoms with Gasteiger partial charge in [-0.05, 0) is 12.0 Å². The zero-order chi connectivity index (χ0) is 32.0. The number of aliphatic carboxylic acids is 1. The summed E-state index contributed by atoms with van der Waals surface area (Å²) in [5, 5.41) is 15.4. The molecule has 234 valence electrons. The number of ketones is 1. The lowest BCUT2D eigenvalue weighted by molar-refractivity contribution is -0.141. The summed E-state index contributed by atoms with van der Waals surface area (Å²) in [4.78, 5) is 51.8. The van der Waals surface area contributed by atoms with Gasteiger partial charge in [0.2, 0.25) is 17.5 Å². The molecule has 2 amide bonds. The number of Topliss-reactive ketones (excluding diaryl/α,β-unsaturated/α-hetero) is 1. The van der Waals surface area contributed by atoms with E-state index < -0.39 is 77.6 Å². The third-order valence-corrected chi connectivity index (χ3v) is 6.83. The minimum Gasteiger partial charge on any atom is -0.481 e. The highest BCUT2D eigenvalue weighted by Crippen LogP contribution is 2.27. The van der Waals surface area contributed by atoms with Gasteiger partial charge >= 0.3 is 5.97 Å². The molecule has 1 fully saturated rings. The number of carboxylic acid groups (broad SMARTS) is 1. The minimum atomic E-state index is -1.90. The number of halogens is 4. The molecule has 1 aromatic heterocycles. The lowest BCUT2D eigenvalue weighted by Gasteiger charge is -2.24. The first-order chi connectivity index (χ1) is 21.0. The molecule has 11 nitrogen and oxygen atoms in total. The Morgan fingerprint density at radius 1 is 1.11 bits per heavy atom. The van der Waals surface area contributed by atoms with Crippen LogP contribution in [-0.4, -0.2) is 77.7 Å². The molecule has 4 rings (SSSR count). The molecule has 0 bridgehead atoms. The van der Waals surface area contributed by atoms with Gasteiger partial charge in [0.25, 0.3) is 5.91 Å². The number of carboxylic acids is 1. The van der Waals surface area contributed by atoms with Crippen molar-refractivity contribution in [3.8, 4) is 17.1 Å². The van der Waals surface area contributed by atoms with Crippen LogP contribution >= 0.6 is 0 Å². The highest BCUT2D eigenvalue weighted by molar-refractivity contribution is 5.95. The Morgan fingerprint density at radius 3 is 2.50 bits per heavy atom. The zero-order valence-corrected chi connectivity index (χ0v) is 23.3. The highest BCUT2D eigenvalue weighted by Gasteiger charge is 2.33. The second-order valence-corrected chi connectivity index (χ2v) is 9.82. The molecule has 0 saturated carbocycles. The Kier molecular flexibility index (Phi) is 10.3. The van der Waals surface area contributed by atoms with Crippen LogP contribution in [-0.2, 0) is 25.5 Å². The van der Waals surface area contributed by atoms with Gasteiger partial charge in [0, 0.05) is 30.8 Å². The van der Waals surface area contributed by atoms with Crippen LogP contribution in [0.1, 0.15) is 29.4 Å². The van der Waals surface area contributed by atoms with Crippen molar-refractivity contribution in [1.82, 2.24) is 15.4 Å². The number of hydrogen-bond donors (Lipinski definition) is 2. The number of hydrogen-bond acceptors (Lipinski definition) is 8. The normalized spacial score (nSPS) is 15.8. The van der Waals surface area contributed by atoms with E-state index in [1.165, 1.54) is 11.0 Å². The van der Waals surface area contributed by atoms with Gasteiger partial charge in [0.05, 0.1) is 25.6 Å². The van der Waals surface area contributed by atoms with Crippen LogP contribution in [0.5, 0.6) is 5.75 Å². The second-order valence-electron chi connectivity index (χ2n) is 9.82. The van der Waals surface area contributed by atoms with Crippen LogP contribution in [0.3, 0.4) is 0 Å². The average Bonchev–Trinajstić information content (AvgIpc) is 3.36. The fourth-order valence-electron chi connectivity index (χ4n) is 4.52. The van der Waals surface area contributed by atoms with Gasteiger partial charge in [-0.15, -0.1) is 0 Å². The summed E-state index contributed by atoms with van der Waals surface area (Å²) >= 11 is 0. The summed E-state index contributed by atoms with van der Waals surface area (Å²) in [7, 11) is 0. The maximum atomic E-state index is 13.9. The van der Waals surface area contributed by atoms with Crippen LogP contribution in [0, 0.1) is 29.2 Å². The van der Waals surface area contributed by atoms with Crippen molar-refractivity contribution in [3.05, 3.63) is 70.9 Å². The van der Waals surface area contributed by atoms with Gasteiger partial charge in [0.1, 0.15) is 12.6 Å². The molecule has 2 atom stereocenters. The maximum absolute atomic E-state index is 13.9. The Hall–Kier alpha value is -4.79. The zero-order valence-electron chi connectivity index (χ0n) is 23.3. The van der Waals surface area contributed by atoms with Crippen molar-refractivity contribution < 1.29 is 55.8 Å². The average molecular weight is 622 g/mol. The third-order valence-electron chi connectivity index (χ3n) is 6.83. The molecule has 3 aromatic rings. The summed E-state index contributed by atoms with van der Waals surface area (Å²) in [6.45, 7) is 0.510. The minimum absolute atomic E-state index is 0.0173. The van der Waals surface area contributed by atoms with E-state index >= 15 is 0 Å². The molecule has 0 aliphatic carbocycles. The van der Waals surface area contributed by atoms with E-state index in [-0.39, 0.29) is 38.1 Å². The molecule has 1 aliphatic heterocycles. The quantitative estimate of drug-likeness (QED) is 0.243. The summed E-state index contributed by atoms with van der Waals surface area (Å²) < 4.78 is 70.2. The van der Waals surface area contributed by atoms with Crippen LogP contribution in [0.4, 0.5) is 17.6 Å². The van der Waals surface area contributed by atoms with Crippen molar-refractivity contribution >= 4 is 23.6 Å². The number of carbonyl (C=O) groups excluding carboxylic acids is 3. The smallest absolute Gasteiger partial charge is 0.305 e. The van der Waals surface area contributed by atoms with Gasteiger partial charge in [-0.3, -0.25) is 19.2 Å². The molecule has 1 saturated heterocycles. The van der Waals surface area contributed by atoms with E-state index in [1.807, 2.05) is 31.2 Å². The fraction of sp³-hybridized carbons (Fsp3) is 0.345. The standard InChI is InChI=1S/C29H27F4N3O8/c1-2-15-5-3-4-6-17(15)23-10-21(35-44-23)29(41)36-7-8-42-13-16(12-36)28(40)34-20(11-24(38)39)22(37)14-43-27-25(32)18(30)9-19(31)26(27)33/h3-6,9-10,16,20H,2,7-8,11-14H2,1H3,(H,34,40)(H,38,39)/t16-,20-/m0/s1. The van der Waals surface area contributed by atoms with Crippen LogP contribution in [0.25, 0.3) is 11.3 Å². The number of aryl methyl sites for hydroxylation is 1. The first-order valence-corrected chi connectivity index (χ1v) is 13.4. The van der Waals surface area contributed by atoms with Gasteiger partial charge in [-0.2, -0.15) is 8.78 Å². The predicted molar refractivity (Wildman–Crippen MR) is 142 cm³/mol. The molecular formula is C29H27F4N3O8. The number of rotatable bonds is 11. The van der Waals surface area contributed by atoms with Gasteiger partial charge in [-0.1, -0.05) is 36.3 Å². The summed E-state index contributed by atoms with van der Waals surface area (Å²) in [6.07, 6.45) is -0.234. The largest absolute Gasteiger partial charge is 0.481 e. The van der Waals surface area contributed by atoms with Crippen LogP contribution < -0.4 is 10.1 Å². The fourth-order valence-corrected chi connectivity index (χ4v) is 4.52. The lowest BCUT2D eigenvalue weighted by atomic mass is 10.0. The molecule has 2 heterocycles. The molecule has 0 spiro atoms. The summed E-state index contributed by atoms with van der Waals surface area (Å²) in [5.41, 5.74) is 1.73. The molecule has 0 radical (unpaired) electrons. The van der Waals surface area contributed by atoms with E-state index in [4.69, 9.17) is 9.26 Å². The van der Waals surface area contributed by atoms with Crippen molar-refractivity contribution in [1.29, 1.82) is 0 Å². The second kappa shape index (κ2) is 14.1.